The highest BCUT2D eigenvalue weighted by atomic mass is 16.1. The van der Waals surface area contributed by atoms with Crippen molar-refractivity contribution in [3.63, 3.8) is 0 Å². The van der Waals surface area contributed by atoms with E-state index in [9.17, 15) is 4.79 Å². The zero-order valence-corrected chi connectivity index (χ0v) is 12.9. The van der Waals surface area contributed by atoms with Gasteiger partial charge in [-0.15, -0.1) is 0 Å². The largest absolute Gasteiger partial charge is 0.349 e. The Morgan fingerprint density at radius 1 is 1.20 bits per heavy atom. The van der Waals surface area contributed by atoms with Crippen LogP contribution in [0.5, 0.6) is 0 Å². The molecule has 0 radical (unpaired) electrons. The normalized spacial score (nSPS) is 23.4. The molecule has 0 bridgehead atoms. The zero-order chi connectivity index (χ0) is 14.6. The van der Waals surface area contributed by atoms with Crippen LogP contribution in [0.15, 0.2) is 24.5 Å². The molecule has 2 rings (SSSR count). The molecule has 0 aromatic carbocycles. The average Bonchev–Trinajstić information content (AvgIpc) is 2.40. The third-order valence-corrected chi connectivity index (χ3v) is 4.03. The molecule has 20 heavy (non-hydrogen) atoms. The van der Waals surface area contributed by atoms with E-state index in [0.717, 1.165) is 18.8 Å². The summed E-state index contributed by atoms with van der Waals surface area (Å²) in [6, 6.07) is 3.87. The third-order valence-electron chi connectivity index (χ3n) is 4.03. The van der Waals surface area contributed by atoms with Crippen LogP contribution in [0.4, 0.5) is 0 Å². The fraction of sp³-hybridized carbons (Fsp3) is 0.647. The number of rotatable bonds is 3. The van der Waals surface area contributed by atoms with Crippen LogP contribution >= 0.6 is 0 Å². The van der Waals surface area contributed by atoms with Gasteiger partial charge in [-0.2, -0.15) is 0 Å². The van der Waals surface area contributed by atoms with Gasteiger partial charge in [-0.3, -0.25) is 9.78 Å². The summed E-state index contributed by atoms with van der Waals surface area (Å²) in [5.41, 5.74) is 1.12. The Morgan fingerprint density at radius 2 is 1.80 bits per heavy atom. The number of pyridine rings is 1. The molecule has 0 saturated heterocycles. The van der Waals surface area contributed by atoms with Gasteiger partial charge in [-0.1, -0.05) is 20.8 Å². The first-order valence-corrected chi connectivity index (χ1v) is 7.65. The Labute approximate surface area is 122 Å². The molecule has 0 aliphatic heterocycles. The molecule has 1 fully saturated rings. The number of nitrogens with one attached hydrogen (secondary N) is 1. The van der Waals surface area contributed by atoms with Crippen molar-refractivity contribution in [2.45, 2.75) is 58.9 Å². The first kappa shape index (κ1) is 15.0. The molecule has 1 amide bonds. The van der Waals surface area contributed by atoms with Gasteiger partial charge in [0.1, 0.15) is 0 Å². The van der Waals surface area contributed by atoms with Gasteiger partial charge in [0.25, 0.3) is 5.91 Å². The molecule has 1 aromatic rings. The minimum Gasteiger partial charge on any atom is -0.349 e. The second-order valence-electron chi connectivity index (χ2n) is 7.19. The van der Waals surface area contributed by atoms with Crippen molar-refractivity contribution in [3.05, 3.63) is 30.1 Å². The maximum absolute atomic E-state index is 12.1. The molecule has 3 heteroatoms. The number of nitrogens with zero attached hydrogens (tertiary/aromatic N) is 1. The van der Waals surface area contributed by atoms with Crippen molar-refractivity contribution in [2.75, 3.05) is 0 Å². The van der Waals surface area contributed by atoms with Crippen LogP contribution in [-0.2, 0) is 0 Å². The van der Waals surface area contributed by atoms with E-state index in [4.69, 9.17) is 0 Å². The van der Waals surface area contributed by atoms with Crippen molar-refractivity contribution >= 4 is 5.91 Å². The monoisotopic (exact) mass is 274 g/mol. The van der Waals surface area contributed by atoms with E-state index in [1.165, 1.54) is 19.3 Å². The Hall–Kier alpha value is -1.38. The number of aromatic nitrogens is 1. The van der Waals surface area contributed by atoms with Crippen LogP contribution in [0.2, 0.25) is 0 Å². The smallest absolute Gasteiger partial charge is 0.251 e. The molecule has 0 unspecified atom stereocenters. The van der Waals surface area contributed by atoms with Crippen LogP contribution in [0.1, 0.15) is 63.2 Å². The topological polar surface area (TPSA) is 42.0 Å². The molecule has 1 aromatic heterocycles. The molecule has 0 spiro atoms. The van der Waals surface area contributed by atoms with Crippen LogP contribution in [0.25, 0.3) is 0 Å². The molecule has 1 aliphatic carbocycles. The highest BCUT2D eigenvalue weighted by Crippen LogP contribution is 2.34. The molecule has 110 valence electrons. The third kappa shape index (κ3) is 4.62. The second-order valence-corrected chi connectivity index (χ2v) is 7.19. The zero-order valence-electron chi connectivity index (χ0n) is 12.9. The summed E-state index contributed by atoms with van der Waals surface area (Å²) in [5.74, 6) is 0.857. The van der Waals surface area contributed by atoms with Crippen molar-refractivity contribution in [1.29, 1.82) is 0 Å². The predicted molar refractivity (Wildman–Crippen MR) is 81.5 cm³/mol. The lowest BCUT2D eigenvalue weighted by atomic mass is 9.76. The summed E-state index contributed by atoms with van der Waals surface area (Å²) in [4.78, 5) is 16.0. The molecular weight excluding hydrogens is 248 g/mol. The van der Waals surface area contributed by atoms with Crippen molar-refractivity contribution < 1.29 is 4.79 Å². The highest BCUT2D eigenvalue weighted by molar-refractivity contribution is 5.94. The highest BCUT2D eigenvalue weighted by Gasteiger charge is 2.25. The van der Waals surface area contributed by atoms with Gasteiger partial charge < -0.3 is 5.32 Å². The number of hydrogen-bond donors (Lipinski definition) is 1. The molecule has 1 heterocycles. The van der Waals surface area contributed by atoms with Crippen molar-refractivity contribution in [2.24, 2.45) is 11.3 Å². The van der Waals surface area contributed by atoms with E-state index in [0.29, 0.717) is 17.0 Å². The van der Waals surface area contributed by atoms with Gasteiger partial charge in [-0.25, -0.2) is 0 Å². The molecule has 3 nitrogen and oxygen atoms in total. The van der Waals surface area contributed by atoms with E-state index in [1.54, 1.807) is 24.5 Å². The first-order valence-electron chi connectivity index (χ1n) is 7.65. The lowest BCUT2D eigenvalue weighted by Crippen LogP contribution is -2.38. The Kier molecular flexibility index (Phi) is 4.79. The van der Waals surface area contributed by atoms with E-state index in [1.807, 2.05) is 0 Å². The fourth-order valence-electron chi connectivity index (χ4n) is 3.15. The average molecular weight is 274 g/mol. The molecular formula is C17H26N2O. The second kappa shape index (κ2) is 6.38. The Balaban J connectivity index is 1.79. The van der Waals surface area contributed by atoms with Gasteiger partial charge >= 0.3 is 0 Å². The molecule has 1 N–H and O–H groups in total. The van der Waals surface area contributed by atoms with Crippen LogP contribution in [-0.4, -0.2) is 16.9 Å². The molecule has 1 saturated carbocycles. The standard InChI is InChI=1S/C17H26N2O/c1-17(2,3)12-13-4-6-15(7-5-13)19-16(20)14-8-10-18-11-9-14/h8-11,13,15H,4-7,12H2,1-3H3,(H,19,20). The summed E-state index contributed by atoms with van der Waals surface area (Å²) in [6.07, 6.45) is 9.30. The van der Waals surface area contributed by atoms with Gasteiger partial charge in [0, 0.05) is 24.0 Å². The minimum atomic E-state index is 0.0340. The SMILES string of the molecule is CC(C)(C)CC1CCC(NC(=O)c2ccncc2)CC1. The maximum atomic E-state index is 12.1. The minimum absolute atomic E-state index is 0.0340. The summed E-state index contributed by atoms with van der Waals surface area (Å²) >= 11 is 0. The van der Waals surface area contributed by atoms with Gasteiger partial charge in [0.15, 0.2) is 0 Å². The van der Waals surface area contributed by atoms with E-state index in [-0.39, 0.29) is 5.91 Å². The van der Waals surface area contributed by atoms with Crippen molar-refractivity contribution in [3.8, 4) is 0 Å². The van der Waals surface area contributed by atoms with E-state index in [2.05, 4.69) is 31.1 Å². The number of carbonyl (C=O) groups excluding carboxylic acids is 1. The van der Waals surface area contributed by atoms with Crippen LogP contribution in [0, 0.1) is 11.3 Å². The number of hydrogen-bond acceptors (Lipinski definition) is 2. The molecule has 1 aliphatic rings. The number of amides is 1. The lowest BCUT2D eigenvalue weighted by Gasteiger charge is -2.33. The molecule has 0 atom stereocenters. The van der Waals surface area contributed by atoms with Gasteiger partial charge in [0.2, 0.25) is 0 Å². The van der Waals surface area contributed by atoms with Gasteiger partial charge in [-0.05, 0) is 55.6 Å². The quantitative estimate of drug-likeness (QED) is 0.910. The van der Waals surface area contributed by atoms with E-state index >= 15 is 0 Å². The summed E-state index contributed by atoms with van der Waals surface area (Å²) in [7, 11) is 0. The summed E-state index contributed by atoms with van der Waals surface area (Å²) in [5, 5.41) is 3.15. The maximum Gasteiger partial charge on any atom is 0.251 e. The summed E-state index contributed by atoms with van der Waals surface area (Å²) < 4.78 is 0. The Bertz CT molecular complexity index is 428. The van der Waals surface area contributed by atoms with Crippen LogP contribution < -0.4 is 5.32 Å². The first-order chi connectivity index (χ1) is 9.44. The Morgan fingerprint density at radius 3 is 2.35 bits per heavy atom. The lowest BCUT2D eigenvalue weighted by molar-refractivity contribution is 0.0917. The van der Waals surface area contributed by atoms with Crippen LogP contribution in [0.3, 0.4) is 0 Å². The number of carbonyl (C=O) groups is 1. The fourth-order valence-corrected chi connectivity index (χ4v) is 3.15. The predicted octanol–water partition coefficient (Wildman–Crippen LogP) is 3.81. The van der Waals surface area contributed by atoms with Crippen molar-refractivity contribution in [1.82, 2.24) is 10.3 Å². The van der Waals surface area contributed by atoms with E-state index < -0.39 is 0 Å². The summed E-state index contributed by atoms with van der Waals surface area (Å²) in [6.45, 7) is 6.93. The van der Waals surface area contributed by atoms with Gasteiger partial charge in [0.05, 0.1) is 0 Å².